The second kappa shape index (κ2) is 3.80. The van der Waals surface area contributed by atoms with Crippen molar-refractivity contribution in [1.82, 2.24) is 9.78 Å². The van der Waals surface area contributed by atoms with Crippen LogP contribution in [0.5, 0.6) is 0 Å². The summed E-state index contributed by atoms with van der Waals surface area (Å²) in [6, 6.07) is -0.135. The maximum absolute atomic E-state index is 12.2. The lowest BCUT2D eigenvalue weighted by Gasteiger charge is -2.06. The van der Waals surface area contributed by atoms with Crippen molar-refractivity contribution < 1.29 is 31.1 Å². The van der Waals surface area contributed by atoms with Crippen LogP contribution in [0, 0.1) is 0 Å². The Morgan fingerprint density at radius 1 is 1.19 bits per heavy atom. The number of nitrogens with zero attached hydrogens (tertiary/aromatic N) is 2. The van der Waals surface area contributed by atoms with Gasteiger partial charge >= 0.3 is 12.4 Å². The smallest absolute Gasteiger partial charge is 0.301 e. The number of carbonyl (C=O) groups is 1. The molecule has 0 aliphatic heterocycles. The second-order valence-electron chi connectivity index (χ2n) is 2.76. The molecule has 3 nitrogen and oxygen atoms in total. The van der Waals surface area contributed by atoms with Gasteiger partial charge in [-0.1, -0.05) is 0 Å². The molecule has 0 aliphatic rings. The largest absolute Gasteiger partial charge is 0.435 e. The Balaban J connectivity index is 3.26. The van der Waals surface area contributed by atoms with Crippen molar-refractivity contribution in [3.05, 3.63) is 17.5 Å². The minimum Gasteiger partial charge on any atom is -0.301 e. The van der Waals surface area contributed by atoms with E-state index in [-0.39, 0.29) is 17.0 Å². The van der Waals surface area contributed by atoms with Crippen LogP contribution in [-0.2, 0) is 23.7 Å². The molecule has 0 aromatic carbocycles. The molecule has 0 bridgehead atoms. The highest BCUT2D eigenvalue weighted by Crippen LogP contribution is 2.34. The van der Waals surface area contributed by atoms with Gasteiger partial charge in [0.05, 0.1) is 6.54 Å². The topological polar surface area (TPSA) is 34.9 Å². The summed E-state index contributed by atoms with van der Waals surface area (Å²) in [6.07, 6.45) is -9.93. The molecule has 0 fully saturated rings. The summed E-state index contributed by atoms with van der Waals surface area (Å²) < 4.78 is 72.9. The monoisotopic (exact) mass is 246 g/mol. The summed E-state index contributed by atoms with van der Waals surface area (Å²) in [4.78, 5) is 10.0. The lowest BCUT2D eigenvalue weighted by molar-refractivity contribution is -0.144. The van der Waals surface area contributed by atoms with E-state index in [1.807, 2.05) is 0 Å². The van der Waals surface area contributed by atoms with E-state index in [1.165, 1.54) is 0 Å². The highest BCUT2D eigenvalue weighted by molar-refractivity contribution is 5.49. The molecule has 0 amide bonds. The third-order valence-electron chi connectivity index (χ3n) is 1.61. The van der Waals surface area contributed by atoms with Crippen molar-refractivity contribution in [3.8, 4) is 0 Å². The van der Waals surface area contributed by atoms with Gasteiger partial charge in [0.15, 0.2) is 5.69 Å². The standard InChI is InChI=1S/C7H4F6N2O/c8-6(9,10)4-3-5(7(11,12)13)15(14-4)1-2-16/h2-3H,1H2. The molecule has 0 atom stereocenters. The van der Waals surface area contributed by atoms with Crippen LogP contribution < -0.4 is 0 Å². The van der Waals surface area contributed by atoms with Gasteiger partial charge in [-0.25, -0.2) is 0 Å². The Labute approximate surface area is 84.7 Å². The normalized spacial score (nSPS) is 12.9. The SMILES string of the molecule is O=CCn1nc(C(F)(F)F)cc1C(F)(F)F. The lowest BCUT2D eigenvalue weighted by Crippen LogP contribution is -2.15. The fourth-order valence-electron chi connectivity index (χ4n) is 0.993. The molecule has 0 spiro atoms. The van der Waals surface area contributed by atoms with E-state index < -0.39 is 30.3 Å². The molecular formula is C7H4F6N2O. The molecule has 0 saturated heterocycles. The van der Waals surface area contributed by atoms with Gasteiger partial charge in [-0.3, -0.25) is 4.68 Å². The molecule has 90 valence electrons. The Kier molecular flexibility index (Phi) is 2.97. The van der Waals surface area contributed by atoms with Gasteiger partial charge in [0.1, 0.15) is 12.0 Å². The summed E-state index contributed by atoms with van der Waals surface area (Å²) in [5.74, 6) is 0. The van der Waals surface area contributed by atoms with Crippen molar-refractivity contribution in [2.24, 2.45) is 0 Å². The molecule has 0 unspecified atom stereocenters. The summed E-state index contributed by atoms with van der Waals surface area (Å²) in [6.45, 7) is -0.884. The average Bonchev–Trinajstić information content (AvgIpc) is 2.46. The summed E-state index contributed by atoms with van der Waals surface area (Å²) in [7, 11) is 0. The van der Waals surface area contributed by atoms with Gasteiger partial charge in [-0.05, 0) is 0 Å². The lowest BCUT2D eigenvalue weighted by atomic mass is 10.3. The zero-order chi connectivity index (χ0) is 12.6. The van der Waals surface area contributed by atoms with Crippen molar-refractivity contribution >= 4 is 6.29 Å². The number of alkyl halides is 6. The maximum atomic E-state index is 12.2. The molecule has 0 aliphatic carbocycles. The number of halogens is 6. The van der Waals surface area contributed by atoms with Crippen LogP contribution in [-0.4, -0.2) is 16.1 Å². The molecule has 1 aromatic heterocycles. The van der Waals surface area contributed by atoms with Crippen LogP contribution in [0.2, 0.25) is 0 Å². The Morgan fingerprint density at radius 3 is 2.12 bits per heavy atom. The summed E-state index contributed by atoms with van der Waals surface area (Å²) >= 11 is 0. The molecule has 0 N–H and O–H groups in total. The molecule has 16 heavy (non-hydrogen) atoms. The third-order valence-corrected chi connectivity index (χ3v) is 1.61. The van der Waals surface area contributed by atoms with Gasteiger partial charge in [-0.15, -0.1) is 0 Å². The zero-order valence-corrected chi connectivity index (χ0v) is 7.43. The third kappa shape index (κ3) is 2.52. The Morgan fingerprint density at radius 2 is 1.75 bits per heavy atom. The minimum atomic E-state index is -4.99. The first-order chi connectivity index (χ1) is 7.16. The highest BCUT2D eigenvalue weighted by atomic mass is 19.4. The molecular weight excluding hydrogens is 242 g/mol. The number of hydrogen-bond donors (Lipinski definition) is 0. The quantitative estimate of drug-likeness (QED) is 0.591. The first kappa shape index (κ1) is 12.5. The second-order valence-corrected chi connectivity index (χ2v) is 2.76. The van der Waals surface area contributed by atoms with Crippen molar-refractivity contribution in [1.29, 1.82) is 0 Å². The molecule has 1 rings (SSSR count). The van der Waals surface area contributed by atoms with E-state index in [2.05, 4.69) is 5.10 Å². The fourth-order valence-corrected chi connectivity index (χ4v) is 0.993. The van der Waals surface area contributed by atoms with Crippen LogP contribution in [0.4, 0.5) is 26.3 Å². The van der Waals surface area contributed by atoms with Crippen LogP contribution in [0.3, 0.4) is 0 Å². The molecule has 0 saturated carbocycles. The zero-order valence-electron chi connectivity index (χ0n) is 7.43. The highest BCUT2D eigenvalue weighted by Gasteiger charge is 2.41. The first-order valence-corrected chi connectivity index (χ1v) is 3.82. The summed E-state index contributed by atoms with van der Waals surface area (Å²) in [5, 5.41) is 2.68. The van der Waals surface area contributed by atoms with Crippen LogP contribution in [0.25, 0.3) is 0 Å². The van der Waals surface area contributed by atoms with Crippen molar-refractivity contribution in [2.75, 3.05) is 0 Å². The number of aldehydes is 1. The molecule has 9 heteroatoms. The van der Waals surface area contributed by atoms with E-state index in [1.54, 1.807) is 0 Å². The van der Waals surface area contributed by atoms with Crippen molar-refractivity contribution in [3.63, 3.8) is 0 Å². The fraction of sp³-hybridized carbons (Fsp3) is 0.429. The van der Waals surface area contributed by atoms with Crippen LogP contribution in [0.15, 0.2) is 6.07 Å². The minimum absolute atomic E-state index is 0.0302. The van der Waals surface area contributed by atoms with Gasteiger partial charge in [-0.2, -0.15) is 31.4 Å². The van der Waals surface area contributed by atoms with Gasteiger partial charge in [0.25, 0.3) is 0 Å². The Bertz CT molecular complexity index is 391. The molecule has 1 heterocycles. The Hall–Kier alpha value is -1.54. The van der Waals surface area contributed by atoms with Gasteiger partial charge in [0.2, 0.25) is 0 Å². The maximum Gasteiger partial charge on any atom is 0.435 e. The number of hydrogen-bond acceptors (Lipinski definition) is 2. The predicted octanol–water partition coefficient (Wildman–Crippen LogP) is 2.12. The van der Waals surface area contributed by atoms with Crippen LogP contribution in [0.1, 0.15) is 11.4 Å². The molecule has 0 radical (unpaired) electrons. The number of aromatic nitrogens is 2. The van der Waals surface area contributed by atoms with E-state index in [9.17, 15) is 31.1 Å². The molecule has 1 aromatic rings. The van der Waals surface area contributed by atoms with E-state index in [4.69, 9.17) is 0 Å². The predicted molar refractivity (Wildman–Crippen MR) is 38.3 cm³/mol. The number of rotatable bonds is 2. The van der Waals surface area contributed by atoms with Gasteiger partial charge in [0, 0.05) is 6.07 Å². The van der Waals surface area contributed by atoms with Crippen LogP contribution >= 0.6 is 0 Å². The van der Waals surface area contributed by atoms with E-state index in [0.29, 0.717) is 0 Å². The van der Waals surface area contributed by atoms with E-state index >= 15 is 0 Å². The average molecular weight is 246 g/mol. The van der Waals surface area contributed by atoms with E-state index in [0.717, 1.165) is 0 Å². The number of carbonyl (C=O) groups excluding carboxylic acids is 1. The first-order valence-electron chi connectivity index (χ1n) is 3.82. The summed E-state index contributed by atoms with van der Waals surface area (Å²) in [5.41, 5.74) is -3.28. The van der Waals surface area contributed by atoms with Crippen molar-refractivity contribution in [2.45, 2.75) is 18.9 Å². The van der Waals surface area contributed by atoms with Gasteiger partial charge < -0.3 is 4.79 Å².